The lowest BCUT2D eigenvalue weighted by atomic mass is 9.96. The molecule has 2 fully saturated rings. The van der Waals surface area contributed by atoms with E-state index in [1.165, 1.54) is 5.56 Å². The first-order valence-electron chi connectivity index (χ1n) is 8.13. The van der Waals surface area contributed by atoms with Crippen molar-refractivity contribution in [2.45, 2.75) is 50.6 Å². The van der Waals surface area contributed by atoms with Gasteiger partial charge in [0.05, 0.1) is 17.4 Å². The topological polar surface area (TPSA) is 29.5 Å². The second kappa shape index (κ2) is 6.25. The number of fused-ring (bicyclic) bond motifs is 1. The van der Waals surface area contributed by atoms with E-state index in [0.717, 1.165) is 18.6 Å². The third kappa shape index (κ3) is 2.91. The molecule has 2 saturated heterocycles. The van der Waals surface area contributed by atoms with Gasteiger partial charge in [0.25, 0.3) is 0 Å². The normalized spacial score (nSPS) is 32.2. The molecule has 0 spiro atoms. The van der Waals surface area contributed by atoms with E-state index < -0.39 is 4.75 Å². The first-order chi connectivity index (χ1) is 10.5. The molecule has 0 radical (unpaired) electrons. The lowest BCUT2D eigenvalue weighted by Gasteiger charge is -2.35. The molecular formula is C18H25NO2S. The molecule has 0 unspecified atom stereocenters. The van der Waals surface area contributed by atoms with Gasteiger partial charge in [0.1, 0.15) is 6.23 Å². The zero-order chi connectivity index (χ0) is 15.7. The number of hydrogen-bond donors (Lipinski definition) is 0. The second-order valence-electron chi connectivity index (χ2n) is 6.84. The van der Waals surface area contributed by atoms with Gasteiger partial charge >= 0.3 is 0 Å². The smallest absolute Gasteiger partial charge is 0.241 e. The number of thioether (sulfide) groups is 1. The van der Waals surface area contributed by atoms with Crippen molar-refractivity contribution in [3.8, 4) is 0 Å². The van der Waals surface area contributed by atoms with E-state index in [2.05, 4.69) is 32.9 Å². The molecule has 2 aliphatic rings. The van der Waals surface area contributed by atoms with E-state index in [9.17, 15) is 4.79 Å². The monoisotopic (exact) mass is 319 g/mol. The SMILES string of the molecule is CC(C)[C@H]1CO[C@@H]2CCS[C@](C)(Cc3ccccc3)C(=O)N12. The number of benzene rings is 1. The minimum Gasteiger partial charge on any atom is -0.356 e. The van der Waals surface area contributed by atoms with Crippen molar-refractivity contribution in [2.24, 2.45) is 5.92 Å². The molecule has 0 aliphatic carbocycles. The van der Waals surface area contributed by atoms with Gasteiger partial charge in [-0.25, -0.2) is 0 Å². The molecular weight excluding hydrogens is 294 g/mol. The maximum atomic E-state index is 13.3. The highest BCUT2D eigenvalue weighted by Gasteiger charge is 2.48. The molecule has 1 amide bonds. The van der Waals surface area contributed by atoms with Crippen molar-refractivity contribution >= 4 is 17.7 Å². The van der Waals surface area contributed by atoms with Crippen LogP contribution in [-0.4, -0.2) is 40.2 Å². The Bertz CT molecular complexity index is 533. The minimum absolute atomic E-state index is 0.0231. The summed E-state index contributed by atoms with van der Waals surface area (Å²) in [5.41, 5.74) is 1.23. The highest BCUT2D eigenvalue weighted by Crippen LogP contribution is 2.40. The Balaban J connectivity index is 1.87. The van der Waals surface area contributed by atoms with Crippen LogP contribution in [-0.2, 0) is 16.0 Å². The number of rotatable bonds is 3. The number of carbonyl (C=O) groups excluding carboxylic acids is 1. The highest BCUT2D eigenvalue weighted by atomic mass is 32.2. The Morgan fingerprint density at radius 1 is 1.36 bits per heavy atom. The van der Waals surface area contributed by atoms with E-state index in [1.807, 2.05) is 23.1 Å². The van der Waals surface area contributed by atoms with Gasteiger partial charge in [-0.2, -0.15) is 0 Å². The largest absolute Gasteiger partial charge is 0.356 e. The predicted molar refractivity (Wildman–Crippen MR) is 90.8 cm³/mol. The van der Waals surface area contributed by atoms with Crippen molar-refractivity contribution < 1.29 is 9.53 Å². The van der Waals surface area contributed by atoms with Crippen molar-refractivity contribution in [3.63, 3.8) is 0 Å². The predicted octanol–water partition coefficient (Wildman–Crippen LogP) is 3.33. The van der Waals surface area contributed by atoms with Gasteiger partial charge in [-0.05, 0) is 30.6 Å². The molecule has 1 aromatic carbocycles. The Kier molecular flexibility index (Phi) is 4.51. The fraction of sp³-hybridized carbons (Fsp3) is 0.611. The van der Waals surface area contributed by atoms with Crippen LogP contribution in [0.2, 0.25) is 0 Å². The highest BCUT2D eigenvalue weighted by molar-refractivity contribution is 8.01. The Hall–Kier alpha value is -1.00. The van der Waals surface area contributed by atoms with Gasteiger partial charge in [-0.1, -0.05) is 44.2 Å². The van der Waals surface area contributed by atoms with Crippen molar-refractivity contribution in [2.75, 3.05) is 12.4 Å². The molecule has 0 bridgehead atoms. The van der Waals surface area contributed by atoms with Crippen molar-refractivity contribution in [1.29, 1.82) is 0 Å². The van der Waals surface area contributed by atoms with Gasteiger partial charge in [-0.3, -0.25) is 4.79 Å². The van der Waals surface area contributed by atoms with Crippen molar-refractivity contribution in [3.05, 3.63) is 35.9 Å². The lowest BCUT2D eigenvalue weighted by molar-refractivity contribution is -0.140. The Labute approximate surface area is 137 Å². The molecule has 1 aromatic rings. The summed E-state index contributed by atoms with van der Waals surface area (Å²) in [6.07, 6.45) is 1.69. The summed E-state index contributed by atoms with van der Waals surface area (Å²) in [6, 6.07) is 10.6. The summed E-state index contributed by atoms with van der Waals surface area (Å²) in [5, 5.41) is 0. The molecule has 2 aliphatic heterocycles. The summed E-state index contributed by atoms with van der Waals surface area (Å²) in [5.74, 6) is 1.65. The molecule has 3 rings (SSSR count). The summed E-state index contributed by atoms with van der Waals surface area (Å²) in [6.45, 7) is 7.14. The zero-order valence-corrected chi connectivity index (χ0v) is 14.4. The van der Waals surface area contributed by atoms with Crippen LogP contribution in [0.3, 0.4) is 0 Å². The molecule has 2 heterocycles. The average Bonchev–Trinajstić information content (AvgIpc) is 2.86. The minimum atomic E-state index is -0.392. The zero-order valence-electron chi connectivity index (χ0n) is 13.6. The fourth-order valence-electron chi connectivity index (χ4n) is 3.43. The molecule has 3 atom stereocenters. The van der Waals surface area contributed by atoms with Crippen LogP contribution in [0, 0.1) is 5.92 Å². The van der Waals surface area contributed by atoms with Crippen LogP contribution in [0.5, 0.6) is 0 Å². The third-order valence-corrected chi connectivity index (χ3v) is 6.15. The van der Waals surface area contributed by atoms with E-state index in [-0.39, 0.29) is 18.2 Å². The number of nitrogens with zero attached hydrogens (tertiary/aromatic N) is 1. The second-order valence-corrected chi connectivity index (χ2v) is 8.44. The standard InChI is InChI=1S/C18H25NO2S/c1-13(2)15-12-21-16-9-10-22-18(3,17(20)19(15)16)11-14-7-5-4-6-8-14/h4-8,13,15-16H,9-12H2,1-3H3/t15-,16-,18-/m1/s1. The van der Waals surface area contributed by atoms with E-state index in [1.54, 1.807) is 11.8 Å². The number of hydrogen-bond acceptors (Lipinski definition) is 3. The van der Waals surface area contributed by atoms with E-state index in [4.69, 9.17) is 4.74 Å². The number of amides is 1. The van der Waals surface area contributed by atoms with Crippen LogP contribution in [0.15, 0.2) is 30.3 Å². The quantitative estimate of drug-likeness (QED) is 0.856. The Morgan fingerprint density at radius 3 is 2.77 bits per heavy atom. The summed E-state index contributed by atoms with van der Waals surface area (Å²) in [4.78, 5) is 15.3. The van der Waals surface area contributed by atoms with Crippen LogP contribution in [0.1, 0.15) is 32.8 Å². The van der Waals surface area contributed by atoms with Gasteiger partial charge in [0.15, 0.2) is 0 Å². The first kappa shape index (κ1) is 15.9. The van der Waals surface area contributed by atoms with Crippen LogP contribution in [0.4, 0.5) is 0 Å². The molecule has 3 nitrogen and oxygen atoms in total. The van der Waals surface area contributed by atoms with Crippen LogP contribution < -0.4 is 0 Å². The van der Waals surface area contributed by atoms with Crippen LogP contribution >= 0.6 is 11.8 Å². The third-order valence-electron chi connectivity index (χ3n) is 4.75. The first-order valence-corrected chi connectivity index (χ1v) is 9.12. The van der Waals surface area contributed by atoms with Crippen molar-refractivity contribution in [1.82, 2.24) is 4.90 Å². The fourth-order valence-corrected chi connectivity index (χ4v) is 4.70. The summed E-state index contributed by atoms with van der Waals surface area (Å²) < 4.78 is 5.52. The molecule has 0 saturated carbocycles. The van der Waals surface area contributed by atoms with Gasteiger partial charge < -0.3 is 9.64 Å². The van der Waals surface area contributed by atoms with Gasteiger partial charge in [0, 0.05) is 6.42 Å². The maximum absolute atomic E-state index is 13.3. The molecule has 120 valence electrons. The van der Waals surface area contributed by atoms with Gasteiger partial charge in [-0.15, -0.1) is 11.8 Å². The lowest BCUT2D eigenvalue weighted by Crippen LogP contribution is -2.51. The van der Waals surface area contributed by atoms with Gasteiger partial charge in [0.2, 0.25) is 5.91 Å². The molecule has 0 aromatic heterocycles. The molecule has 22 heavy (non-hydrogen) atoms. The Morgan fingerprint density at radius 2 is 2.09 bits per heavy atom. The maximum Gasteiger partial charge on any atom is 0.241 e. The molecule has 0 N–H and O–H groups in total. The van der Waals surface area contributed by atoms with Crippen LogP contribution in [0.25, 0.3) is 0 Å². The molecule has 4 heteroatoms. The average molecular weight is 319 g/mol. The summed E-state index contributed by atoms with van der Waals surface area (Å²) in [7, 11) is 0. The number of carbonyl (C=O) groups is 1. The summed E-state index contributed by atoms with van der Waals surface area (Å²) >= 11 is 1.79. The van der Waals surface area contributed by atoms with E-state index in [0.29, 0.717) is 12.5 Å². The number of ether oxygens (including phenoxy) is 1. The van der Waals surface area contributed by atoms with E-state index >= 15 is 0 Å².